The fourth-order valence-corrected chi connectivity index (χ4v) is 7.28. The topological polar surface area (TPSA) is 167 Å². The number of amidine groups is 1. The van der Waals surface area contributed by atoms with E-state index in [0.717, 1.165) is 50.2 Å². The van der Waals surface area contributed by atoms with Gasteiger partial charge in [0, 0.05) is 35.8 Å². The van der Waals surface area contributed by atoms with Crippen molar-refractivity contribution in [2.24, 2.45) is 10.9 Å². The summed E-state index contributed by atoms with van der Waals surface area (Å²) < 4.78 is 81.4. The van der Waals surface area contributed by atoms with Crippen molar-refractivity contribution in [2.45, 2.75) is 102 Å². The lowest BCUT2D eigenvalue weighted by atomic mass is 9.97. The van der Waals surface area contributed by atoms with Crippen molar-refractivity contribution in [3.8, 4) is 12.0 Å². The highest BCUT2D eigenvalue weighted by Gasteiger charge is 2.39. The van der Waals surface area contributed by atoms with Gasteiger partial charge in [0.2, 0.25) is 5.91 Å². The average molecular weight is 932 g/mol. The Morgan fingerprint density at radius 1 is 1.06 bits per heavy atom. The number of nitrogens with two attached hydrogens (primary N) is 1. The van der Waals surface area contributed by atoms with Crippen LogP contribution in [-0.4, -0.2) is 79.9 Å². The van der Waals surface area contributed by atoms with E-state index in [2.05, 4.69) is 71.7 Å². The number of aldehydes is 1. The minimum Gasteiger partial charge on any atom is -0.344 e. The Kier molecular flexibility index (Phi) is 18.0. The fourth-order valence-electron chi connectivity index (χ4n) is 7.28. The second-order valence-corrected chi connectivity index (χ2v) is 16.2. The molecule has 2 unspecified atom stereocenters. The van der Waals surface area contributed by atoms with Crippen LogP contribution in [-0.2, 0) is 17.4 Å². The van der Waals surface area contributed by atoms with Gasteiger partial charge in [-0.3, -0.25) is 19.3 Å². The molecule has 19 heteroatoms. The monoisotopic (exact) mass is 931 g/mol. The Morgan fingerprint density at radius 2 is 1.84 bits per heavy atom. The number of anilines is 1. The van der Waals surface area contributed by atoms with Gasteiger partial charge in [0.05, 0.1) is 29.2 Å². The largest absolute Gasteiger partial charge is 0.417 e. The maximum atomic E-state index is 13.7. The third-order valence-corrected chi connectivity index (χ3v) is 11.3. The number of nitrogens with one attached hydrogen (secondary N) is 4. The molecular formula is C48H55F6N11O2. The molecule has 1 aliphatic carbocycles. The summed E-state index contributed by atoms with van der Waals surface area (Å²) in [7, 11) is 1.78. The molecule has 3 aromatic heterocycles. The number of halogens is 6. The molecule has 1 saturated heterocycles. The van der Waals surface area contributed by atoms with Crippen LogP contribution in [0.5, 0.6) is 0 Å². The summed E-state index contributed by atoms with van der Waals surface area (Å²) in [6, 6.07) is 15.8. The SMILES string of the molecule is C/C(=C\N(/C(=N\N)[C@@H](CCc1ccccc1)NC(=O)C1(C)CCCN1)C(C)C#CNc1ccc(C=O)cn1)C(F)(F)F.CN[C@H](CCC1=CCC=CC=C1)c1nnc2ccc(C(F)(F)F)cn12. The van der Waals surface area contributed by atoms with Crippen molar-refractivity contribution in [3.05, 3.63) is 137 Å². The van der Waals surface area contributed by atoms with Crippen molar-refractivity contribution in [2.75, 3.05) is 18.9 Å². The number of alkyl halides is 6. The number of nitrogens with zero attached hydrogens (tertiary/aromatic N) is 6. The quantitative estimate of drug-likeness (QED) is 0.0115. The lowest BCUT2D eigenvalue weighted by Crippen LogP contribution is -2.58. The second-order valence-electron chi connectivity index (χ2n) is 16.2. The molecule has 4 heterocycles. The predicted octanol–water partition coefficient (Wildman–Crippen LogP) is 8.19. The van der Waals surface area contributed by atoms with Crippen LogP contribution in [0.15, 0.2) is 120 Å². The van der Waals surface area contributed by atoms with Gasteiger partial charge in [-0.2, -0.15) is 31.4 Å². The fraction of sp³-hybridized carbons (Fsp3) is 0.375. The van der Waals surface area contributed by atoms with E-state index >= 15 is 0 Å². The zero-order valence-corrected chi connectivity index (χ0v) is 37.6. The summed E-state index contributed by atoms with van der Waals surface area (Å²) in [4.78, 5) is 29.6. The molecule has 356 valence electrons. The van der Waals surface area contributed by atoms with Gasteiger partial charge in [0.15, 0.2) is 23.6 Å². The van der Waals surface area contributed by atoms with Crippen molar-refractivity contribution in [1.82, 2.24) is 40.4 Å². The van der Waals surface area contributed by atoms with Gasteiger partial charge >= 0.3 is 12.4 Å². The van der Waals surface area contributed by atoms with Crippen molar-refractivity contribution < 1.29 is 35.9 Å². The summed E-state index contributed by atoms with van der Waals surface area (Å²) in [5.41, 5.74) is 0.544. The van der Waals surface area contributed by atoms with Gasteiger partial charge in [-0.25, -0.2) is 4.98 Å². The molecule has 1 amide bonds. The maximum absolute atomic E-state index is 13.7. The van der Waals surface area contributed by atoms with Crippen LogP contribution in [0.1, 0.15) is 92.6 Å². The zero-order chi connectivity index (χ0) is 48.6. The summed E-state index contributed by atoms with van der Waals surface area (Å²) >= 11 is 0. The normalized spacial score (nSPS) is 17.8. The minimum atomic E-state index is -4.61. The molecule has 13 nitrogen and oxygen atoms in total. The third kappa shape index (κ3) is 14.6. The maximum Gasteiger partial charge on any atom is 0.417 e. The molecule has 0 saturated carbocycles. The van der Waals surface area contributed by atoms with Gasteiger partial charge in [-0.05, 0) is 109 Å². The molecular weight excluding hydrogens is 877 g/mol. The summed E-state index contributed by atoms with van der Waals surface area (Å²) in [6.07, 6.45) is 9.92. The van der Waals surface area contributed by atoms with E-state index in [1.54, 1.807) is 33.0 Å². The molecule has 4 aromatic rings. The molecule has 0 bridgehead atoms. The Bertz CT molecular complexity index is 2500. The molecule has 0 radical (unpaired) electrons. The van der Waals surface area contributed by atoms with E-state index < -0.39 is 41.1 Å². The smallest absolute Gasteiger partial charge is 0.344 e. The van der Waals surface area contributed by atoms with Crippen LogP contribution in [0.4, 0.5) is 32.2 Å². The number of carbonyl (C=O) groups excluding carboxylic acids is 2. The lowest BCUT2D eigenvalue weighted by Gasteiger charge is -2.33. The van der Waals surface area contributed by atoms with Crippen molar-refractivity contribution in [3.63, 3.8) is 0 Å². The van der Waals surface area contributed by atoms with E-state index in [9.17, 15) is 35.9 Å². The van der Waals surface area contributed by atoms with Crippen molar-refractivity contribution >= 4 is 29.5 Å². The van der Waals surface area contributed by atoms with Gasteiger partial charge in [0.25, 0.3) is 0 Å². The summed E-state index contributed by atoms with van der Waals surface area (Å²) in [6.45, 7) is 5.02. The van der Waals surface area contributed by atoms with Crippen molar-refractivity contribution in [1.29, 1.82) is 0 Å². The minimum absolute atomic E-state index is 0.0275. The molecule has 1 fully saturated rings. The first-order chi connectivity index (χ1) is 31.9. The summed E-state index contributed by atoms with van der Waals surface area (Å²) in [5, 5.41) is 24.1. The lowest BCUT2D eigenvalue weighted by molar-refractivity contribution is -0.137. The molecule has 1 aliphatic heterocycles. The number of amides is 1. The zero-order valence-electron chi connectivity index (χ0n) is 37.6. The number of pyridine rings is 2. The summed E-state index contributed by atoms with van der Waals surface area (Å²) in [5.74, 6) is 9.28. The number of carbonyl (C=O) groups is 2. The number of hydrogen-bond donors (Lipinski definition) is 5. The van der Waals surface area contributed by atoms with Gasteiger partial charge in [-0.15, -0.1) is 10.2 Å². The first-order valence-electron chi connectivity index (χ1n) is 21.7. The molecule has 4 atom stereocenters. The molecule has 1 aromatic carbocycles. The number of fused-ring (bicyclic) bond motifs is 1. The average Bonchev–Trinajstić information content (AvgIpc) is 3.86. The second kappa shape index (κ2) is 23.6. The number of rotatable bonds is 15. The van der Waals surface area contributed by atoms with Crippen LogP contribution >= 0.6 is 0 Å². The molecule has 2 aliphatic rings. The number of aryl methyl sites for hydroxylation is 1. The highest BCUT2D eigenvalue weighted by atomic mass is 19.4. The van der Waals surface area contributed by atoms with E-state index in [1.807, 2.05) is 42.5 Å². The Labute approximate surface area is 385 Å². The molecule has 6 N–H and O–H groups in total. The van der Waals surface area contributed by atoms with Crippen LogP contribution in [0.25, 0.3) is 5.65 Å². The van der Waals surface area contributed by atoms with Crippen LogP contribution in [0.2, 0.25) is 0 Å². The van der Waals surface area contributed by atoms with E-state index in [-0.39, 0.29) is 17.8 Å². The van der Waals surface area contributed by atoms with Gasteiger partial charge in [-0.1, -0.05) is 72.2 Å². The third-order valence-electron chi connectivity index (χ3n) is 11.3. The van der Waals surface area contributed by atoms with Crippen LogP contribution in [0.3, 0.4) is 0 Å². The van der Waals surface area contributed by atoms with Crippen LogP contribution < -0.4 is 27.1 Å². The molecule has 6 rings (SSSR count). The molecule has 67 heavy (non-hydrogen) atoms. The Hall–Kier alpha value is -6.78. The highest BCUT2D eigenvalue weighted by Crippen LogP contribution is 2.31. The number of hydrazone groups is 1. The van der Waals surface area contributed by atoms with E-state index in [1.165, 1.54) is 27.1 Å². The number of allylic oxidation sites excluding steroid dienone is 7. The van der Waals surface area contributed by atoms with Gasteiger partial charge < -0.3 is 26.7 Å². The number of aromatic nitrogens is 4. The van der Waals surface area contributed by atoms with E-state index in [4.69, 9.17) is 5.84 Å². The standard InChI is InChI=1S/C30H36F3N7O2.C18H19F3N4/c1-21(30(31,32)33)19-40(22(2)14-17-35-26-13-11-24(20-41)18-36-26)27(39-34)25(12-10-23-8-5-4-6-9-23)38-28(42)29(3)15-7-16-37-29;1-22-15(10-8-13-6-4-2-3-5-7-13)17-24-23-16-11-9-14(12-25(16)17)18(19,20)21/h4-6,8-9,11,13,18-20,22,25,37H,7,10,12,15-16,34H2,1-3H3,(H,35,36)(H,38,42);2-4,6-7,9,11-12,15,22H,5,8,10H2,1H3/b21-19+,39-27-;/t22?,25-,29?;15-/m11/s1. The Balaban J connectivity index is 0.000000284. The highest BCUT2D eigenvalue weighted by molar-refractivity contribution is 5.95. The van der Waals surface area contributed by atoms with Gasteiger partial charge in [0.1, 0.15) is 5.82 Å². The molecule has 0 spiro atoms. The van der Waals surface area contributed by atoms with E-state index in [0.29, 0.717) is 61.4 Å². The first kappa shape index (κ1) is 51.2. The predicted molar refractivity (Wildman–Crippen MR) is 246 cm³/mol. The first-order valence-corrected chi connectivity index (χ1v) is 21.7. The Morgan fingerprint density at radius 3 is 2.48 bits per heavy atom. The van der Waals surface area contributed by atoms with Crippen LogP contribution in [0, 0.1) is 12.0 Å². The number of benzene rings is 1. The number of hydrogen-bond acceptors (Lipinski definition) is 10.